The van der Waals surface area contributed by atoms with Gasteiger partial charge in [-0.05, 0) is 47.8 Å². The lowest BCUT2D eigenvalue weighted by Crippen LogP contribution is -2.42. The quantitative estimate of drug-likeness (QED) is 0.522. The fraction of sp³-hybridized carbons (Fsp3) is 0.538. The summed E-state index contributed by atoms with van der Waals surface area (Å²) < 4.78 is 5.74. The topological polar surface area (TPSA) is 55.4 Å². The van der Waals surface area contributed by atoms with E-state index in [0.29, 0.717) is 46.4 Å². The lowest BCUT2D eigenvalue weighted by molar-refractivity contribution is -0.119. The van der Waals surface area contributed by atoms with Crippen molar-refractivity contribution < 1.29 is 14.3 Å². The number of dihydropyridines is 1. The Bertz CT molecular complexity index is 990. The van der Waals surface area contributed by atoms with Gasteiger partial charge in [0.05, 0.1) is 16.7 Å². The molecule has 6 heteroatoms. The third kappa shape index (κ3) is 4.24. The second-order valence-corrected chi connectivity index (χ2v) is 11.7. The van der Waals surface area contributed by atoms with Crippen LogP contribution >= 0.6 is 23.2 Å². The highest BCUT2D eigenvalue weighted by atomic mass is 35.5. The summed E-state index contributed by atoms with van der Waals surface area (Å²) in [4.78, 5) is 26.8. The molecular formula is C26H31Cl2NO3. The maximum Gasteiger partial charge on any atom is 0.162 e. The summed E-state index contributed by atoms with van der Waals surface area (Å²) in [6, 6.07) is 3.62. The predicted octanol–water partition coefficient (Wildman–Crippen LogP) is 6.76. The molecule has 3 aliphatic rings. The lowest BCUT2D eigenvalue weighted by Gasteiger charge is -2.44. The second kappa shape index (κ2) is 8.22. The van der Waals surface area contributed by atoms with E-state index in [2.05, 4.69) is 33.0 Å². The van der Waals surface area contributed by atoms with Gasteiger partial charge in [-0.25, -0.2) is 0 Å². The van der Waals surface area contributed by atoms with Gasteiger partial charge in [-0.1, -0.05) is 57.8 Å². The number of rotatable bonds is 4. The average molecular weight is 476 g/mol. The van der Waals surface area contributed by atoms with Gasteiger partial charge in [0.2, 0.25) is 0 Å². The molecule has 1 aromatic carbocycles. The third-order valence-electron chi connectivity index (χ3n) is 6.52. The minimum absolute atomic E-state index is 0.0801. The van der Waals surface area contributed by atoms with Crippen molar-refractivity contribution in [3.05, 3.63) is 50.3 Å². The molecule has 4 nitrogen and oxygen atoms in total. The van der Waals surface area contributed by atoms with Crippen LogP contribution in [0.3, 0.4) is 0 Å². The van der Waals surface area contributed by atoms with Gasteiger partial charge >= 0.3 is 0 Å². The number of hydrogen-bond donors (Lipinski definition) is 1. The minimum Gasteiger partial charge on any atom is -0.490 e. The third-order valence-corrected chi connectivity index (χ3v) is 7.09. The molecule has 0 radical (unpaired) electrons. The van der Waals surface area contributed by atoms with Crippen molar-refractivity contribution in [1.82, 2.24) is 5.32 Å². The van der Waals surface area contributed by atoms with E-state index in [0.717, 1.165) is 36.2 Å². The van der Waals surface area contributed by atoms with Crippen molar-refractivity contribution in [2.75, 3.05) is 6.61 Å². The molecule has 32 heavy (non-hydrogen) atoms. The van der Waals surface area contributed by atoms with Crippen LogP contribution in [0.1, 0.15) is 78.2 Å². The second-order valence-electron chi connectivity index (χ2n) is 10.9. The number of carbonyl (C=O) groups excluding carboxylic acids is 2. The molecule has 0 spiro atoms. The van der Waals surface area contributed by atoms with Gasteiger partial charge in [0, 0.05) is 41.3 Å². The number of carbonyl (C=O) groups is 2. The molecule has 0 saturated carbocycles. The highest BCUT2D eigenvalue weighted by molar-refractivity contribution is 6.37. The fourth-order valence-electron chi connectivity index (χ4n) is 5.31. The van der Waals surface area contributed by atoms with E-state index in [1.807, 2.05) is 19.1 Å². The summed E-state index contributed by atoms with van der Waals surface area (Å²) >= 11 is 13.2. The number of hydrogen-bond acceptors (Lipinski definition) is 4. The molecule has 1 aromatic rings. The Hall–Kier alpha value is -1.78. The van der Waals surface area contributed by atoms with Crippen LogP contribution in [0, 0.1) is 10.8 Å². The molecule has 0 amide bonds. The number of ketones is 2. The zero-order valence-electron chi connectivity index (χ0n) is 19.5. The zero-order chi connectivity index (χ0) is 23.4. The first-order valence-corrected chi connectivity index (χ1v) is 12.1. The Morgan fingerprint density at radius 3 is 1.81 bits per heavy atom. The van der Waals surface area contributed by atoms with Crippen LogP contribution in [0.2, 0.25) is 10.0 Å². The Morgan fingerprint density at radius 1 is 0.906 bits per heavy atom. The van der Waals surface area contributed by atoms with E-state index < -0.39 is 5.92 Å². The summed E-state index contributed by atoms with van der Waals surface area (Å²) in [6.45, 7) is 11.0. The smallest absolute Gasteiger partial charge is 0.162 e. The first kappa shape index (κ1) is 23.4. The van der Waals surface area contributed by atoms with Crippen molar-refractivity contribution in [1.29, 1.82) is 0 Å². The Labute approximate surface area is 200 Å². The molecule has 0 bridgehead atoms. The normalized spacial score (nSPS) is 22.5. The number of allylic oxidation sites excluding steroid dienone is 4. The first-order chi connectivity index (χ1) is 14.9. The van der Waals surface area contributed by atoms with Gasteiger partial charge in [0.1, 0.15) is 0 Å². The Morgan fingerprint density at radius 2 is 1.38 bits per heavy atom. The number of nitrogens with one attached hydrogen (secondary N) is 1. The molecule has 172 valence electrons. The van der Waals surface area contributed by atoms with Crippen molar-refractivity contribution in [2.24, 2.45) is 10.8 Å². The van der Waals surface area contributed by atoms with E-state index >= 15 is 0 Å². The SMILES string of the molecule is CCCOc1c(Cl)cc(C2C3=C(CC(C)(C)CC3=O)NC3=C2C(=O)CC(C)(C)C3)cc1Cl. The van der Waals surface area contributed by atoms with Gasteiger partial charge in [-0.3, -0.25) is 9.59 Å². The number of benzene rings is 1. The van der Waals surface area contributed by atoms with Crippen LogP contribution in [0.5, 0.6) is 5.75 Å². The average Bonchev–Trinajstić information content (AvgIpc) is 2.63. The van der Waals surface area contributed by atoms with Crippen LogP contribution in [0.4, 0.5) is 0 Å². The predicted molar refractivity (Wildman–Crippen MR) is 128 cm³/mol. The molecule has 1 aliphatic heterocycles. The molecule has 1 N–H and O–H groups in total. The van der Waals surface area contributed by atoms with Gasteiger partial charge < -0.3 is 10.1 Å². The maximum absolute atomic E-state index is 13.4. The van der Waals surface area contributed by atoms with Crippen molar-refractivity contribution in [2.45, 2.75) is 72.6 Å². The maximum atomic E-state index is 13.4. The summed E-state index contributed by atoms with van der Waals surface area (Å²) in [6.07, 6.45) is 3.25. The van der Waals surface area contributed by atoms with Crippen molar-refractivity contribution in [3.8, 4) is 5.75 Å². The minimum atomic E-state index is -0.455. The van der Waals surface area contributed by atoms with Crippen LogP contribution < -0.4 is 10.1 Å². The van der Waals surface area contributed by atoms with E-state index in [1.54, 1.807) is 0 Å². The number of halogens is 2. The molecule has 0 fully saturated rings. The summed E-state index contributed by atoms with van der Waals surface area (Å²) in [7, 11) is 0. The van der Waals surface area contributed by atoms with E-state index in [9.17, 15) is 9.59 Å². The van der Waals surface area contributed by atoms with Gasteiger partial charge in [0.15, 0.2) is 17.3 Å². The molecule has 1 heterocycles. The van der Waals surface area contributed by atoms with Crippen LogP contribution in [0.25, 0.3) is 0 Å². The number of ether oxygens (including phenoxy) is 1. The molecule has 4 rings (SSSR count). The highest BCUT2D eigenvalue weighted by Gasteiger charge is 2.46. The Kier molecular flexibility index (Phi) is 6.00. The van der Waals surface area contributed by atoms with E-state index in [4.69, 9.17) is 27.9 Å². The van der Waals surface area contributed by atoms with Crippen LogP contribution in [0.15, 0.2) is 34.7 Å². The van der Waals surface area contributed by atoms with Gasteiger partial charge in [-0.2, -0.15) is 0 Å². The van der Waals surface area contributed by atoms with Crippen LogP contribution in [-0.2, 0) is 9.59 Å². The standard InChI is InChI=1S/C26H31Cl2NO3/c1-6-7-32-24-15(27)8-14(9-16(24)28)21-22-17(10-25(2,3)12-19(22)30)29-18-11-26(4,5)13-20(31)23(18)21/h8-9,21,29H,6-7,10-13H2,1-5H3. The number of Topliss-reactive ketones (excluding diaryl/α,β-unsaturated/α-hetero) is 2. The lowest BCUT2D eigenvalue weighted by atomic mass is 9.64. The Balaban J connectivity index is 1.89. The molecular weight excluding hydrogens is 445 g/mol. The van der Waals surface area contributed by atoms with Gasteiger partial charge in [-0.15, -0.1) is 0 Å². The van der Waals surface area contributed by atoms with E-state index in [-0.39, 0.29) is 22.4 Å². The molecule has 0 aromatic heterocycles. The summed E-state index contributed by atoms with van der Waals surface area (Å²) in [5, 5.41) is 4.32. The van der Waals surface area contributed by atoms with Gasteiger partial charge in [0.25, 0.3) is 0 Å². The molecule has 0 unspecified atom stereocenters. The van der Waals surface area contributed by atoms with Crippen LogP contribution in [-0.4, -0.2) is 18.2 Å². The van der Waals surface area contributed by atoms with E-state index in [1.165, 1.54) is 0 Å². The molecule has 0 atom stereocenters. The summed E-state index contributed by atoms with van der Waals surface area (Å²) in [5.41, 5.74) is 3.74. The van der Waals surface area contributed by atoms with Crippen molar-refractivity contribution in [3.63, 3.8) is 0 Å². The largest absolute Gasteiger partial charge is 0.490 e. The first-order valence-electron chi connectivity index (χ1n) is 11.3. The molecule has 2 aliphatic carbocycles. The zero-order valence-corrected chi connectivity index (χ0v) is 21.0. The molecule has 0 saturated heterocycles. The summed E-state index contributed by atoms with van der Waals surface area (Å²) in [5.74, 6) is 0.153. The van der Waals surface area contributed by atoms with Crippen molar-refractivity contribution >= 4 is 34.8 Å². The highest BCUT2D eigenvalue weighted by Crippen LogP contribution is 2.52. The monoisotopic (exact) mass is 475 g/mol. The fourth-order valence-corrected chi connectivity index (χ4v) is 5.92.